The van der Waals surface area contributed by atoms with Gasteiger partial charge in [0.05, 0.1) is 0 Å². The van der Waals surface area contributed by atoms with E-state index in [0.717, 1.165) is 16.8 Å². The first-order valence-electron chi connectivity index (χ1n) is 6.17. The van der Waals surface area contributed by atoms with Crippen molar-refractivity contribution in [2.45, 2.75) is 6.92 Å². The van der Waals surface area contributed by atoms with Crippen LogP contribution in [0.4, 0.5) is 14.5 Å². The van der Waals surface area contributed by atoms with Crippen LogP contribution in [0.5, 0.6) is 0 Å². The summed E-state index contributed by atoms with van der Waals surface area (Å²) in [5.74, 6) is -0.902. The molecule has 0 unspecified atom stereocenters. The molecular formula is C14H11F2N5. The summed E-state index contributed by atoms with van der Waals surface area (Å²) in [5.41, 5.74) is 7.01. The summed E-state index contributed by atoms with van der Waals surface area (Å²) in [7, 11) is 0. The van der Waals surface area contributed by atoms with Crippen molar-refractivity contribution in [1.82, 2.24) is 20.2 Å². The Morgan fingerprint density at radius 2 is 1.86 bits per heavy atom. The Bertz CT molecular complexity index is 813. The minimum atomic E-state index is -0.614. The summed E-state index contributed by atoms with van der Waals surface area (Å²) < 4.78 is 28.9. The minimum Gasteiger partial charge on any atom is -0.398 e. The number of rotatable bonds is 2. The van der Waals surface area contributed by atoms with Gasteiger partial charge < -0.3 is 5.73 Å². The van der Waals surface area contributed by atoms with Gasteiger partial charge in [0.2, 0.25) is 0 Å². The molecule has 0 saturated heterocycles. The van der Waals surface area contributed by atoms with Crippen LogP contribution in [-0.2, 0) is 0 Å². The lowest BCUT2D eigenvalue weighted by Crippen LogP contribution is -2.05. The molecular weight excluding hydrogens is 276 g/mol. The molecule has 2 aromatic carbocycles. The van der Waals surface area contributed by atoms with Gasteiger partial charge in [-0.3, -0.25) is 0 Å². The number of nitrogens with zero attached hydrogens (tertiary/aromatic N) is 4. The van der Waals surface area contributed by atoms with Gasteiger partial charge in [-0.15, -0.1) is 5.10 Å². The number of aryl methyl sites for hydroxylation is 1. The lowest BCUT2D eigenvalue weighted by Gasteiger charge is -2.08. The largest absolute Gasteiger partial charge is 0.398 e. The number of anilines is 1. The second-order valence-corrected chi connectivity index (χ2v) is 4.55. The fourth-order valence-corrected chi connectivity index (χ4v) is 2.02. The Labute approximate surface area is 119 Å². The van der Waals surface area contributed by atoms with E-state index in [1.54, 1.807) is 24.3 Å². The van der Waals surface area contributed by atoms with E-state index in [9.17, 15) is 8.78 Å². The fourth-order valence-electron chi connectivity index (χ4n) is 2.02. The van der Waals surface area contributed by atoms with E-state index in [2.05, 4.69) is 15.5 Å². The van der Waals surface area contributed by atoms with Crippen molar-refractivity contribution in [2.24, 2.45) is 0 Å². The fraction of sp³-hybridized carbons (Fsp3) is 0.0714. The standard InChI is InChI=1S/C14H11F2N5/c1-8-6-11(16)13(7-10(8)15)21-14(18-19-20-21)9-4-2-3-5-12(9)17/h2-7H,17H2,1H3. The van der Waals surface area contributed by atoms with Gasteiger partial charge in [0.15, 0.2) is 5.82 Å². The van der Waals surface area contributed by atoms with Crippen LogP contribution in [0, 0.1) is 18.6 Å². The summed E-state index contributed by atoms with van der Waals surface area (Å²) in [6.45, 7) is 1.48. The van der Waals surface area contributed by atoms with Crippen LogP contribution in [0.2, 0.25) is 0 Å². The van der Waals surface area contributed by atoms with Crippen LogP contribution in [0.1, 0.15) is 5.56 Å². The average molecular weight is 287 g/mol. The molecule has 106 valence electrons. The zero-order chi connectivity index (χ0) is 15.0. The van der Waals surface area contributed by atoms with E-state index in [1.807, 2.05) is 0 Å². The van der Waals surface area contributed by atoms with E-state index < -0.39 is 11.6 Å². The van der Waals surface area contributed by atoms with Crippen molar-refractivity contribution < 1.29 is 8.78 Å². The minimum absolute atomic E-state index is 0.0682. The number of aromatic nitrogens is 4. The summed E-state index contributed by atoms with van der Waals surface area (Å²) in [5, 5.41) is 11.1. The lowest BCUT2D eigenvalue weighted by atomic mass is 10.1. The van der Waals surface area contributed by atoms with Crippen molar-refractivity contribution in [3.05, 3.63) is 53.6 Å². The first-order chi connectivity index (χ1) is 10.1. The van der Waals surface area contributed by atoms with Gasteiger partial charge in [0, 0.05) is 17.3 Å². The summed E-state index contributed by atoms with van der Waals surface area (Å²) in [6.07, 6.45) is 0. The number of nitrogen functional groups attached to an aromatic ring is 1. The highest BCUT2D eigenvalue weighted by atomic mass is 19.1. The molecule has 0 aliphatic heterocycles. The molecule has 0 saturated carbocycles. The van der Waals surface area contributed by atoms with E-state index in [0.29, 0.717) is 11.3 Å². The maximum absolute atomic E-state index is 14.1. The normalized spacial score (nSPS) is 10.8. The molecule has 0 aliphatic rings. The third-order valence-corrected chi connectivity index (χ3v) is 3.13. The molecule has 3 rings (SSSR count). The number of tetrazole rings is 1. The van der Waals surface area contributed by atoms with E-state index >= 15 is 0 Å². The molecule has 0 fully saturated rings. The topological polar surface area (TPSA) is 69.6 Å². The predicted molar refractivity (Wildman–Crippen MR) is 73.7 cm³/mol. The van der Waals surface area contributed by atoms with Gasteiger partial charge in [-0.25, -0.2) is 8.78 Å². The highest BCUT2D eigenvalue weighted by molar-refractivity contribution is 5.72. The number of nitrogens with two attached hydrogens (primary N) is 1. The first-order valence-corrected chi connectivity index (χ1v) is 6.17. The van der Waals surface area contributed by atoms with Crippen LogP contribution in [-0.4, -0.2) is 20.2 Å². The summed E-state index contributed by atoms with van der Waals surface area (Å²) in [4.78, 5) is 0. The van der Waals surface area contributed by atoms with Crippen molar-refractivity contribution in [3.63, 3.8) is 0 Å². The zero-order valence-corrected chi connectivity index (χ0v) is 11.1. The molecule has 0 spiro atoms. The number of hydrogen-bond acceptors (Lipinski definition) is 4. The molecule has 1 aromatic heterocycles. The van der Waals surface area contributed by atoms with Gasteiger partial charge in [0.25, 0.3) is 0 Å². The second-order valence-electron chi connectivity index (χ2n) is 4.55. The number of halogens is 2. The van der Waals surface area contributed by atoms with Crippen molar-refractivity contribution in [1.29, 1.82) is 0 Å². The molecule has 7 heteroatoms. The SMILES string of the molecule is Cc1cc(F)c(-n2nnnc2-c2ccccc2N)cc1F. The van der Waals surface area contributed by atoms with Crippen LogP contribution < -0.4 is 5.73 Å². The number of hydrogen-bond donors (Lipinski definition) is 1. The molecule has 21 heavy (non-hydrogen) atoms. The van der Waals surface area contributed by atoms with Crippen LogP contribution in [0.3, 0.4) is 0 Å². The molecule has 0 radical (unpaired) electrons. The highest BCUT2D eigenvalue weighted by Crippen LogP contribution is 2.26. The first kappa shape index (κ1) is 13.2. The molecule has 0 atom stereocenters. The molecule has 2 N–H and O–H groups in total. The third-order valence-electron chi connectivity index (χ3n) is 3.13. The Kier molecular flexibility index (Phi) is 3.09. The maximum Gasteiger partial charge on any atom is 0.189 e. The second kappa shape index (κ2) is 4.93. The van der Waals surface area contributed by atoms with Gasteiger partial charge in [-0.2, -0.15) is 4.68 Å². The smallest absolute Gasteiger partial charge is 0.189 e. The van der Waals surface area contributed by atoms with Crippen molar-refractivity contribution >= 4 is 5.69 Å². The number of benzene rings is 2. The maximum atomic E-state index is 14.1. The summed E-state index contributed by atoms with van der Waals surface area (Å²) in [6, 6.07) is 9.07. The molecule has 5 nitrogen and oxygen atoms in total. The Hall–Kier alpha value is -2.83. The van der Waals surface area contributed by atoms with Crippen LogP contribution in [0.25, 0.3) is 17.1 Å². The lowest BCUT2D eigenvalue weighted by molar-refractivity contribution is 0.578. The quantitative estimate of drug-likeness (QED) is 0.735. The van der Waals surface area contributed by atoms with E-state index in [1.165, 1.54) is 6.92 Å². The molecule has 0 aliphatic carbocycles. The average Bonchev–Trinajstić information content (AvgIpc) is 2.92. The Morgan fingerprint density at radius 1 is 1.10 bits per heavy atom. The zero-order valence-electron chi connectivity index (χ0n) is 11.1. The van der Waals surface area contributed by atoms with Gasteiger partial charge in [-0.05, 0) is 41.1 Å². The molecule has 0 amide bonds. The van der Waals surface area contributed by atoms with Crippen molar-refractivity contribution in [2.75, 3.05) is 5.73 Å². The van der Waals surface area contributed by atoms with Gasteiger partial charge in [-0.1, -0.05) is 12.1 Å². The van der Waals surface area contributed by atoms with Gasteiger partial charge >= 0.3 is 0 Å². The Balaban J connectivity index is 2.21. The number of para-hydroxylation sites is 1. The summed E-state index contributed by atoms with van der Waals surface area (Å²) >= 11 is 0. The molecule has 0 bridgehead atoms. The van der Waals surface area contributed by atoms with Gasteiger partial charge in [0.1, 0.15) is 17.3 Å². The van der Waals surface area contributed by atoms with Crippen molar-refractivity contribution in [3.8, 4) is 17.1 Å². The third kappa shape index (κ3) is 2.22. The van der Waals surface area contributed by atoms with Crippen LogP contribution >= 0.6 is 0 Å². The van der Waals surface area contributed by atoms with E-state index in [4.69, 9.17) is 5.73 Å². The van der Waals surface area contributed by atoms with E-state index in [-0.39, 0.29) is 17.1 Å². The highest BCUT2D eigenvalue weighted by Gasteiger charge is 2.17. The monoisotopic (exact) mass is 287 g/mol. The Morgan fingerprint density at radius 3 is 2.62 bits per heavy atom. The molecule has 3 aromatic rings. The predicted octanol–water partition coefficient (Wildman–Crippen LogP) is 2.50. The van der Waals surface area contributed by atoms with Crippen LogP contribution in [0.15, 0.2) is 36.4 Å². The molecule has 1 heterocycles.